The van der Waals surface area contributed by atoms with Crippen molar-refractivity contribution in [2.75, 3.05) is 5.33 Å². The summed E-state index contributed by atoms with van der Waals surface area (Å²) >= 11 is 8.85. The molecule has 1 aromatic carbocycles. The molecule has 0 aliphatic heterocycles. The molecular formula is C9H9BrClFO. The third kappa shape index (κ3) is 3.16. The smallest absolute Gasteiger partial charge is 0.142 e. The van der Waals surface area contributed by atoms with E-state index in [4.69, 9.17) is 16.3 Å². The van der Waals surface area contributed by atoms with E-state index in [2.05, 4.69) is 15.9 Å². The van der Waals surface area contributed by atoms with Gasteiger partial charge in [0.1, 0.15) is 17.7 Å². The fourth-order valence-corrected chi connectivity index (χ4v) is 1.12. The normalized spacial score (nSPS) is 12.6. The van der Waals surface area contributed by atoms with Crippen molar-refractivity contribution in [2.45, 2.75) is 13.0 Å². The van der Waals surface area contributed by atoms with Gasteiger partial charge in [-0.15, -0.1) is 0 Å². The molecule has 0 unspecified atom stereocenters. The van der Waals surface area contributed by atoms with Crippen molar-refractivity contribution in [1.82, 2.24) is 0 Å². The van der Waals surface area contributed by atoms with Crippen LogP contribution in [0.3, 0.4) is 0 Å². The van der Waals surface area contributed by atoms with Crippen LogP contribution in [0.5, 0.6) is 5.75 Å². The molecule has 0 heterocycles. The summed E-state index contributed by atoms with van der Waals surface area (Å²) in [5.41, 5.74) is 0. The average Bonchev–Trinajstić information content (AvgIpc) is 2.11. The molecule has 4 heteroatoms. The number of hydrogen-bond donors (Lipinski definition) is 0. The summed E-state index contributed by atoms with van der Waals surface area (Å²) in [6.07, 6.45) is 0.0431. The highest BCUT2D eigenvalue weighted by Gasteiger charge is 2.04. The maximum Gasteiger partial charge on any atom is 0.142 e. The first kappa shape index (κ1) is 10.8. The Balaban J connectivity index is 2.73. The molecule has 0 saturated carbocycles. The van der Waals surface area contributed by atoms with Crippen molar-refractivity contribution >= 4 is 27.5 Å². The molecule has 0 amide bonds. The molecule has 0 spiro atoms. The first-order valence-electron chi connectivity index (χ1n) is 3.81. The molecule has 1 atom stereocenters. The van der Waals surface area contributed by atoms with E-state index in [0.29, 0.717) is 5.75 Å². The minimum absolute atomic E-state index is 0.0431. The molecule has 0 radical (unpaired) electrons. The van der Waals surface area contributed by atoms with E-state index in [-0.39, 0.29) is 11.1 Å². The van der Waals surface area contributed by atoms with E-state index in [1.165, 1.54) is 12.1 Å². The molecule has 13 heavy (non-hydrogen) atoms. The molecule has 1 aromatic rings. The quantitative estimate of drug-likeness (QED) is 0.760. The van der Waals surface area contributed by atoms with Crippen LogP contribution in [0, 0.1) is 5.82 Å². The Morgan fingerprint density at radius 2 is 2.31 bits per heavy atom. The molecular weight excluding hydrogens is 258 g/mol. The summed E-state index contributed by atoms with van der Waals surface area (Å²) in [6.45, 7) is 1.91. The topological polar surface area (TPSA) is 9.23 Å². The number of hydrogen-bond acceptors (Lipinski definition) is 1. The van der Waals surface area contributed by atoms with Crippen LogP contribution in [-0.2, 0) is 0 Å². The van der Waals surface area contributed by atoms with Crippen LogP contribution in [0.1, 0.15) is 6.92 Å². The van der Waals surface area contributed by atoms with Crippen molar-refractivity contribution in [3.05, 3.63) is 29.0 Å². The van der Waals surface area contributed by atoms with Crippen LogP contribution < -0.4 is 4.74 Å². The molecule has 0 aliphatic rings. The maximum atomic E-state index is 12.7. The zero-order valence-electron chi connectivity index (χ0n) is 7.06. The standard InChI is InChI=1S/C9H9BrClFO/c1-6(5-10)13-7-2-3-9(12)8(11)4-7/h2-4,6H,5H2,1H3/t6-/m1/s1. The van der Waals surface area contributed by atoms with Crippen LogP contribution in [0.15, 0.2) is 18.2 Å². The second kappa shape index (κ2) is 4.82. The summed E-state index contributed by atoms with van der Waals surface area (Å²) in [4.78, 5) is 0. The Bertz CT molecular complexity index is 293. The van der Waals surface area contributed by atoms with Crippen LogP contribution in [0.25, 0.3) is 0 Å². The van der Waals surface area contributed by atoms with Crippen molar-refractivity contribution in [3.8, 4) is 5.75 Å². The summed E-state index contributed by atoms with van der Waals surface area (Å²) in [6, 6.07) is 4.31. The summed E-state index contributed by atoms with van der Waals surface area (Å²) in [5.74, 6) is 0.152. The lowest BCUT2D eigenvalue weighted by Crippen LogP contribution is -2.12. The van der Waals surface area contributed by atoms with E-state index >= 15 is 0 Å². The Labute approximate surface area is 90.0 Å². The molecule has 0 bridgehead atoms. The number of rotatable bonds is 3. The number of alkyl halides is 1. The van der Waals surface area contributed by atoms with Gasteiger partial charge in [-0.1, -0.05) is 27.5 Å². The third-order valence-electron chi connectivity index (χ3n) is 1.45. The average molecular weight is 268 g/mol. The third-order valence-corrected chi connectivity index (χ3v) is 2.65. The summed E-state index contributed by atoms with van der Waals surface area (Å²) < 4.78 is 18.1. The molecule has 0 aliphatic carbocycles. The SMILES string of the molecule is C[C@H](CBr)Oc1ccc(F)c(Cl)c1. The van der Waals surface area contributed by atoms with E-state index in [1.807, 2.05) is 6.92 Å². The highest BCUT2D eigenvalue weighted by molar-refractivity contribution is 9.09. The van der Waals surface area contributed by atoms with Gasteiger partial charge in [0.05, 0.1) is 5.02 Å². The Hall–Kier alpha value is -0.280. The van der Waals surface area contributed by atoms with Gasteiger partial charge in [0.2, 0.25) is 0 Å². The van der Waals surface area contributed by atoms with Crippen LogP contribution >= 0.6 is 27.5 Å². The zero-order valence-corrected chi connectivity index (χ0v) is 9.40. The fraction of sp³-hybridized carbons (Fsp3) is 0.333. The molecule has 0 aromatic heterocycles. The fourth-order valence-electron chi connectivity index (χ4n) is 0.814. The Morgan fingerprint density at radius 1 is 1.62 bits per heavy atom. The van der Waals surface area contributed by atoms with Gasteiger partial charge in [-0.3, -0.25) is 0 Å². The molecule has 0 fully saturated rings. The lowest BCUT2D eigenvalue weighted by Gasteiger charge is -2.11. The molecule has 1 nitrogen and oxygen atoms in total. The molecule has 72 valence electrons. The molecule has 0 saturated heterocycles. The summed E-state index contributed by atoms with van der Waals surface area (Å²) in [7, 11) is 0. The minimum atomic E-state index is -0.430. The molecule has 1 rings (SSSR count). The lowest BCUT2D eigenvalue weighted by molar-refractivity contribution is 0.248. The first-order chi connectivity index (χ1) is 6.13. The number of benzene rings is 1. The second-order valence-corrected chi connectivity index (χ2v) is 3.71. The van der Waals surface area contributed by atoms with E-state index in [1.54, 1.807) is 6.07 Å². The summed E-state index contributed by atoms with van der Waals surface area (Å²) in [5, 5.41) is 0.807. The van der Waals surface area contributed by atoms with Crippen molar-refractivity contribution < 1.29 is 9.13 Å². The van der Waals surface area contributed by atoms with Gasteiger partial charge < -0.3 is 4.74 Å². The highest BCUT2D eigenvalue weighted by Crippen LogP contribution is 2.22. The number of halogens is 3. The van der Waals surface area contributed by atoms with Gasteiger partial charge in [-0.05, 0) is 19.1 Å². The highest BCUT2D eigenvalue weighted by atomic mass is 79.9. The van der Waals surface area contributed by atoms with Crippen molar-refractivity contribution in [3.63, 3.8) is 0 Å². The van der Waals surface area contributed by atoms with Gasteiger partial charge >= 0.3 is 0 Å². The first-order valence-corrected chi connectivity index (χ1v) is 5.31. The predicted octanol–water partition coefficient (Wildman–Crippen LogP) is 3.64. The van der Waals surface area contributed by atoms with E-state index in [0.717, 1.165) is 5.33 Å². The zero-order chi connectivity index (χ0) is 9.84. The second-order valence-electron chi connectivity index (χ2n) is 2.66. The van der Waals surface area contributed by atoms with Gasteiger partial charge in [0.25, 0.3) is 0 Å². The molecule has 0 N–H and O–H groups in total. The van der Waals surface area contributed by atoms with Gasteiger partial charge in [-0.2, -0.15) is 0 Å². The van der Waals surface area contributed by atoms with Crippen LogP contribution in [0.2, 0.25) is 5.02 Å². The van der Waals surface area contributed by atoms with E-state index < -0.39 is 5.82 Å². The van der Waals surface area contributed by atoms with Gasteiger partial charge in [-0.25, -0.2) is 4.39 Å². The largest absolute Gasteiger partial charge is 0.490 e. The van der Waals surface area contributed by atoms with Crippen LogP contribution in [-0.4, -0.2) is 11.4 Å². The monoisotopic (exact) mass is 266 g/mol. The van der Waals surface area contributed by atoms with Gasteiger partial charge in [0, 0.05) is 11.4 Å². The Kier molecular flexibility index (Phi) is 4.00. The minimum Gasteiger partial charge on any atom is -0.490 e. The van der Waals surface area contributed by atoms with Crippen molar-refractivity contribution in [2.24, 2.45) is 0 Å². The van der Waals surface area contributed by atoms with Gasteiger partial charge in [0.15, 0.2) is 0 Å². The maximum absolute atomic E-state index is 12.7. The Morgan fingerprint density at radius 3 is 2.85 bits per heavy atom. The van der Waals surface area contributed by atoms with E-state index in [9.17, 15) is 4.39 Å². The predicted molar refractivity (Wildman–Crippen MR) is 55.3 cm³/mol. The lowest BCUT2D eigenvalue weighted by atomic mass is 10.3. The van der Waals surface area contributed by atoms with Crippen LogP contribution in [0.4, 0.5) is 4.39 Å². The van der Waals surface area contributed by atoms with Crippen molar-refractivity contribution in [1.29, 1.82) is 0 Å². The number of ether oxygens (including phenoxy) is 1.